The lowest BCUT2D eigenvalue weighted by Crippen LogP contribution is -2.41. The second-order valence-electron chi connectivity index (χ2n) is 4.93. The molecule has 0 spiro atoms. The number of anilines is 1. The highest BCUT2D eigenvalue weighted by Crippen LogP contribution is 2.19. The predicted octanol–water partition coefficient (Wildman–Crippen LogP) is 1.27. The van der Waals surface area contributed by atoms with E-state index in [0.717, 1.165) is 25.1 Å². The fourth-order valence-corrected chi connectivity index (χ4v) is 2.48. The topological polar surface area (TPSA) is 67.9 Å². The van der Waals surface area contributed by atoms with Crippen LogP contribution in [0.4, 0.5) is 5.69 Å². The van der Waals surface area contributed by atoms with E-state index in [9.17, 15) is 9.59 Å². The van der Waals surface area contributed by atoms with Crippen molar-refractivity contribution in [2.75, 3.05) is 32.6 Å². The number of hydrogen-bond donors (Lipinski definition) is 1. The molecule has 1 aromatic rings. The van der Waals surface area contributed by atoms with Crippen molar-refractivity contribution in [1.82, 2.24) is 4.90 Å². The Morgan fingerprint density at radius 3 is 2.62 bits per heavy atom. The number of methoxy groups -OCH3 is 2. The minimum absolute atomic E-state index is 0.143. The third-order valence-electron chi connectivity index (χ3n) is 3.56. The quantitative estimate of drug-likeness (QED) is 0.828. The molecule has 1 aliphatic heterocycles. The zero-order chi connectivity index (χ0) is 15.2. The van der Waals surface area contributed by atoms with E-state index in [1.807, 2.05) is 4.90 Å². The highest BCUT2D eigenvalue weighted by atomic mass is 16.5. The number of nitrogens with zero attached hydrogens (tertiary/aromatic N) is 1. The summed E-state index contributed by atoms with van der Waals surface area (Å²) in [4.78, 5) is 25.5. The minimum atomic E-state index is -0.309. The zero-order valence-electron chi connectivity index (χ0n) is 12.3. The Kier molecular flexibility index (Phi) is 5.16. The van der Waals surface area contributed by atoms with Crippen molar-refractivity contribution in [3.63, 3.8) is 0 Å². The van der Waals surface area contributed by atoms with Crippen molar-refractivity contribution in [3.05, 3.63) is 24.3 Å². The largest absolute Gasteiger partial charge is 0.497 e. The smallest absolute Gasteiger partial charge is 0.323 e. The number of rotatable bonds is 5. The van der Waals surface area contributed by atoms with Gasteiger partial charge in [-0.3, -0.25) is 14.5 Å². The Labute approximate surface area is 124 Å². The van der Waals surface area contributed by atoms with Crippen LogP contribution in [0.1, 0.15) is 12.8 Å². The summed E-state index contributed by atoms with van der Waals surface area (Å²) in [5.74, 6) is 0.319. The number of nitrogens with one attached hydrogen (secondary N) is 1. The first kappa shape index (κ1) is 15.3. The molecule has 0 aliphatic carbocycles. The van der Waals surface area contributed by atoms with Gasteiger partial charge in [0.05, 0.1) is 20.8 Å². The number of benzene rings is 1. The molecule has 0 radical (unpaired) electrons. The van der Waals surface area contributed by atoms with Crippen molar-refractivity contribution in [2.24, 2.45) is 0 Å². The Bertz CT molecular complexity index is 501. The molecule has 0 aromatic heterocycles. The average Bonchev–Trinajstić information content (AvgIpc) is 2.95. The lowest BCUT2D eigenvalue weighted by Gasteiger charge is -2.21. The molecule has 0 saturated carbocycles. The number of amides is 1. The molecule has 1 heterocycles. The highest BCUT2D eigenvalue weighted by Gasteiger charge is 2.32. The molecule has 2 rings (SSSR count). The third-order valence-corrected chi connectivity index (χ3v) is 3.56. The maximum Gasteiger partial charge on any atom is 0.323 e. The van der Waals surface area contributed by atoms with Crippen LogP contribution < -0.4 is 10.1 Å². The van der Waals surface area contributed by atoms with E-state index in [-0.39, 0.29) is 24.5 Å². The molecule has 1 fully saturated rings. The van der Waals surface area contributed by atoms with Gasteiger partial charge < -0.3 is 14.8 Å². The van der Waals surface area contributed by atoms with Crippen molar-refractivity contribution in [2.45, 2.75) is 18.9 Å². The normalized spacial score (nSPS) is 18.3. The predicted molar refractivity (Wildman–Crippen MR) is 78.2 cm³/mol. The summed E-state index contributed by atoms with van der Waals surface area (Å²) >= 11 is 0. The zero-order valence-corrected chi connectivity index (χ0v) is 12.3. The maximum atomic E-state index is 12.0. The molecule has 1 unspecified atom stereocenters. The summed E-state index contributed by atoms with van der Waals surface area (Å²) in [6.07, 6.45) is 1.64. The molecule has 6 heteroatoms. The van der Waals surface area contributed by atoms with E-state index in [1.165, 1.54) is 7.11 Å². The second-order valence-corrected chi connectivity index (χ2v) is 4.93. The Morgan fingerprint density at radius 2 is 2.00 bits per heavy atom. The Morgan fingerprint density at radius 1 is 1.29 bits per heavy atom. The van der Waals surface area contributed by atoms with Crippen LogP contribution in [0.25, 0.3) is 0 Å². The van der Waals surface area contributed by atoms with Gasteiger partial charge in [0.25, 0.3) is 0 Å². The van der Waals surface area contributed by atoms with E-state index >= 15 is 0 Å². The van der Waals surface area contributed by atoms with Gasteiger partial charge in [0, 0.05) is 5.69 Å². The molecule has 1 aliphatic rings. The molecular weight excluding hydrogens is 272 g/mol. The summed E-state index contributed by atoms with van der Waals surface area (Å²) in [7, 11) is 2.96. The van der Waals surface area contributed by atoms with Gasteiger partial charge in [-0.2, -0.15) is 0 Å². The number of ether oxygens (including phenoxy) is 2. The van der Waals surface area contributed by atoms with Crippen LogP contribution >= 0.6 is 0 Å². The second kappa shape index (κ2) is 7.08. The molecule has 0 bridgehead atoms. The standard InChI is InChI=1S/C15H20N2O4/c1-20-12-7-5-11(6-8-12)16-14(18)10-17-9-3-4-13(17)15(19)21-2/h5-8,13H,3-4,9-10H2,1-2H3,(H,16,18). The van der Waals surface area contributed by atoms with Crippen LogP contribution in [0.15, 0.2) is 24.3 Å². The molecule has 1 amide bonds. The van der Waals surface area contributed by atoms with Crippen molar-refractivity contribution in [1.29, 1.82) is 0 Å². The first-order chi connectivity index (χ1) is 10.1. The first-order valence-corrected chi connectivity index (χ1v) is 6.90. The maximum absolute atomic E-state index is 12.0. The SMILES string of the molecule is COC(=O)C1CCCN1CC(=O)Nc1ccc(OC)cc1. The summed E-state index contributed by atoms with van der Waals surface area (Å²) in [6.45, 7) is 0.918. The third kappa shape index (κ3) is 3.95. The summed E-state index contributed by atoms with van der Waals surface area (Å²) in [6, 6.07) is 6.80. The van der Waals surface area contributed by atoms with E-state index < -0.39 is 0 Å². The molecule has 1 aromatic carbocycles. The van der Waals surface area contributed by atoms with Crippen molar-refractivity contribution in [3.8, 4) is 5.75 Å². The molecule has 1 atom stereocenters. The molecule has 21 heavy (non-hydrogen) atoms. The van der Waals surface area contributed by atoms with Gasteiger partial charge in [-0.25, -0.2) is 0 Å². The number of hydrogen-bond acceptors (Lipinski definition) is 5. The van der Waals surface area contributed by atoms with Gasteiger partial charge >= 0.3 is 5.97 Å². The van der Waals surface area contributed by atoms with Crippen LogP contribution in [0.5, 0.6) is 5.75 Å². The summed E-state index contributed by atoms with van der Waals surface area (Å²) in [5, 5.41) is 2.81. The van der Waals surface area contributed by atoms with Crippen LogP contribution in [0.2, 0.25) is 0 Å². The molecule has 6 nitrogen and oxygen atoms in total. The Hall–Kier alpha value is -2.08. The molecule has 1 N–H and O–H groups in total. The number of esters is 1. The van der Waals surface area contributed by atoms with Gasteiger partial charge in [-0.1, -0.05) is 0 Å². The van der Waals surface area contributed by atoms with E-state index in [2.05, 4.69) is 5.32 Å². The lowest BCUT2D eigenvalue weighted by molar-refractivity contribution is -0.146. The van der Waals surface area contributed by atoms with Gasteiger partial charge in [-0.15, -0.1) is 0 Å². The molecular formula is C15H20N2O4. The van der Waals surface area contributed by atoms with Gasteiger partial charge in [0.15, 0.2) is 0 Å². The van der Waals surface area contributed by atoms with E-state index in [1.54, 1.807) is 31.4 Å². The summed E-state index contributed by atoms with van der Waals surface area (Å²) < 4.78 is 9.83. The van der Waals surface area contributed by atoms with Crippen molar-refractivity contribution >= 4 is 17.6 Å². The average molecular weight is 292 g/mol. The Balaban J connectivity index is 1.90. The number of carbonyl (C=O) groups excluding carboxylic acids is 2. The monoisotopic (exact) mass is 292 g/mol. The van der Waals surface area contributed by atoms with Crippen LogP contribution in [-0.2, 0) is 14.3 Å². The van der Waals surface area contributed by atoms with Gasteiger partial charge in [-0.05, 0) is 43.7 Å². The fraction of sp³-hybridized carbons (Fsp3) is 0.467. The molecule has 114 valence electrons. The van der Waals surface area contributed by atoms with Gasteiger partial charge in [0.2, 0.25) is 5.91 Å². The van der Waals surface area contributed by atoms with Crippen LogP contribution in [0, 0.1) is 0 Å². The summed E-state index contributed by atoms with van der Waals surface area (Å²) in [5.41, 5.74) is 0.703. The number of likely N-dealkylation sites (tertiary alicyclic amines) is 1. The van der Waals surface area contributed by atoms with Crippen LogP contribution in [0.3, 0.4) is 0 Å². The van der Waals surface area contributed by atoms with Crippen LogP contribution in [-0.4, -0.2) is 50.1 Å². The molecule has 1 saturated heterocycles. The fourth-order valence-electron chi connectivity index (χ4n) is 2.48. The highest BCUT2D eigenvalue weighted by molar-refractivity contribution is 5.92. The van der Waals surface area contributed by atoms with Crippen molar-refractivity contribution < 1.29 is 19.1 Å². The first-order valence-electron chi connectivity index (χ1n) is 6.90. The van der Waals surface area contributed by atoms with Gasteiger partial charge in [0.1, 0.15) is 11.8 Å². The number of carbonyl (C=O) groups is 2. The minimum Gasteiger partial charge on any atom is -0.497 e. The van der Waals surface area contributed by atoms with E-state index in [4.69, 9.17) is 9.47 Å². The van der Waals surface area contributed by atoms with E-state index in [0.29, 0.717) is 5.69 Å². The lowest BCUT2D eigenvalue weighted by atomic mass is 10.2.